The molecule has 0 bridgehead atoms. The molecule has 0 unspecified atom stereocenters. The second-order valence-electron chi connectivity index (χ2n) is 3.76. The van der Waals surface area contributed by atoms with Gasteiger partial charge in [0.2, 0.25) is 0 Å². The molecule has 98 valence electrons. The highest BCUT2D eigenvalue weighted by atomic mass is 32.2. The van der Waals surface area contributed by atoms with Gasteiger partial charge in [-0.25, -0.2) is 9.37 Å². The summed E-state index contributed by atoms with van der Waals surface area (Å²) in [5.74, 6) is -0.652. The zero-order valence-electron chi connectivity index (χ0n) is 9.81. The van der Waals surface area contributed by atoms with E-state index in [0.29, 0.717) is 0 Å². The summed E-state index contributed by atoms with van der Waals surface area (Å²) in [6.07, 6.45) is 2.34. The summed E-state index contributed by atoms with van der Waals surface area (Å²) >= 11 is 0. The number of anilines is 1. The predicted molar refractivity (Wildman–Crippen MR) is 65.2 cm³/mol. The van der Waals surface area contributed by atoms with Gasteiger partial charge in [-0.15, -0.1) is 0 Å². The van der Waals surface area contributed by atoms with Crippen molar-refractivity contribution < 1.29 is 12.8 Å². The van der Waals surface area contributed by atoms with Crippen LogP contribution in [0.3, 0.4) is 0 Å². The first-order chi connectivity index (χ1) is 8.94. The molecule has 1 aromatic carbocycles. The molecule has 6 nitrogen and oxygen atoms in total. The van der Waals surface area contributed by atoms with Crippen LogP contribution in [0.1, 0.15) is 11.1 Å². The van der Waals surface area contributed by atoms with Gasteiger partial charge in [-0.1, -0.05) is 0 Å². The third-order valence-electron chi connectivity index (χ3n) is 2.48. The Balaban J connectivity index is 2.45. The number of aromatic nitrogens is 2. The van der Waals surface area contributed by atoms with E-state index in [9.17, 15) is 12.8 Å². The summed E-state index contributed by atoms with van der Waals surface area (Å²) in [7, 11) is -3.88. The minimum Gasteiger partial charge on any atom is -0.334 e. The molecule has 1 heterocycles. The standard InChI is InChI=1S/C11H9FN4O2S/c1-7-9(12)2-8(4-13)3-10(7)16-19(17,18)11-5-14-6-15-11/h2-3,5-6,16H,1H3,(H,14,15). The third kappa shape index (κ3) is 2.56. The van der Waals surface area contributed by atoms with Crippen molar-refractivity contribution in [3.05, 3.63) is 41.6 Å². The number of rotatable bonds is 3. The molecule has 0 saturated heterocycles. The van der Waals surface area contributed by atoms with Gasteiger partial charge in [-0.2, -0.15) is 13.7 Å². The number of halogens is 1. The number of nitrogens with zero attached hydrogens (tertiary/aromatic N) is 2. The molecule has 0 aliphatic rings. The first-order valence-corrected chi connectivity index (χ1v) is 6.64. The van der Waals surface area contributed by atoms with Crippen LogP contribution >= 0.6 is 0 Å². The van der Waals surface area contributed by atoms with E-state index in [1.54, 1.807) is 6.07 Å². The van der Waals surface area contributed by atoms with Crippen LogP contribution in [0, 0.1) is 24.1 Å². The van der Waals surface area contributed by atoms with E-state index in [1.807, 2.05) is 0 Å². The zero-order valence-corrected chi connectivity index (χ0v) is 10.6. The molecule has 2 rings (SSSR count). The second kappa shape index (κ2) is 4.70. The summed E-state index contributed by atoms with van der Waals surface area (Å²) in [4.78, 5) is 6.04. The largest absolute Gasteiger partial charge is 0.334 e. The normalized spacial score (nSPS) is 11.0. The van der Waals surface area contributed by atoms with Crippen molar-refractivity contribution in [2.75, 3.05) is 4.72 Å². The Morgan fingerprint density at radius 3 is 2.79 bits per heavy atom. The van der Waals surface area contributed by atoms with Crippen molar-refractivity contribution in [1.29, 1.82) is 5.26 Å². The molecule has 0 fully saturated rings. The van der Waals surface area contributed by atoms with Crippen LogP contribution < -0.4 is 4.72 Å². The first-order valence-electron chi connectivity index (χ1n) is 5.15. The van der Waals surface area contributed by atoms with Gasteiger partial charge >= 0.3 is 0 Å². The number of hydrogen-bond donors (Lipinski definition) is 2. The Bertz CT molecular complexity index is 748. The highest BCUT2D eigenvalue weighted by molar-refractivity contribution is 7.92. The lowest BCUT2D eigenvalue weighted by Gasteiger charge is -2.10. The Morgan fingerprint density at radius 2 is 2.21 bits per heavy atom. The Kier molecular flexibility index (Phi) is 3.23. The fourth-order valence-electron chi connectivity index (χ4n) is 1.44. The predicted octanol–water partition coefficient (Wildman–Crippen LogP) is 1.53. The van der Waals surface area contributed by atoms with E-state index in [-0.39, 0.29) is 21.8 Å². The molecular weight excluding hydrogens is 271 g/mol. The molecule has 2 aromatic rings. The minimum absolute atomic E-state index is 0.0196. The van der Waals surface area contributed by atoms with Crippen molar-refractivity contribution in [1.82, 2.24) is 9.97 Å². The third-order valence-corrected chi connectivity index (χ3v) is 3.77. The van der Waals surface area contributed by atoms with Gasteiger partial charge in [0.15, 0.2) is 5.03 Å². The summed E-state index contributed by atoms with van der Waals surface area (Å²) in [5.41, 5.74) is 0.165. The van der Waals surface area contributed by atoms with Gasteiger partial charge in [0.25, 0.3) is 10.0 Å². The molecular formula is C11H9FN4O2S. The lowest BCUT2D eigenvalue weighted by atomic mass is 10.1. The van der Waals surface area contributed by atoms with Gasteiger partial charge in [-0.05, 0) is 19.1 Å². The van der Waals surface area contributed by atoms with Crippen LogP contribution in [0.2, 0.25) is 0 Å². The van der Waals surface area contributed by atoms with Gasteiger partial charge in [0.05, 0.1) is 29.8 Å². The maximum atomic E-state index is 13.5. The average Bonchev–Trinajstić information content (AvgIpc) is 2.89. The van der Waals surface area contributed by atoms with Gasteiger partial charge in [0, 0.05) is 5.56 Å². The highest BCUT2D eigenvalue weighted by Gasteiger charge is 2.18. The Labute approximate surface area is 109 Å². The maximum Gasteiger partial charge on any atom is 0.278 e. The molecule has 0 amide bonds. The highest BCUT2D eigenvalue weighted by Crippen LogP contribution is 2.22. The van der Waals surface area contributed by atoms with Crippen LogP contribution in [0.4, 0.5) is 10.1 Å². The van der Waals surface area contributed by atoms with E-state index >= 15 is 0 Å². The Morgan fingerprint density at radius 1 is 1.47 bits per heavy atom. The SMILES string of the molecule is Cc1c(F)cc(C#N)cc1NS(=O)(=O)c1cnc[nH]1. The van der Waals surface area contributed by atoms with Gasteiger partial charge < -0.3 is 4.98 Å². The number of hydrogen-bond acceptors (Lipinski definition) is 4. The van der Waals surface area contributed by atoms with Crippen molar-refractivity contribution in [3.8, 4) is 6.07 Å². The number of nitrogens with one attached hydrogen (secondary N) is 2. The second-order valence-corrected chi connectivity index (χ2v) is 5.41. The molecule has 1 aromatic heterocycles. The fraction of sp³-hybridized carbons (Fsp3) is 0.0909. The van der Waals surface area contributed by atoms with Gasteiger partial charge in [-0.3, -0.25) is 4.72 Å². The number of H-pyrrole nitrogens is 1. The van der Waals surface area contributed by atoms with Crippen molar-refractivity contribution in [2.45, 2.75) is 11.9 Å². The van der Waals surface area contributed by atoms with Crippen molar-refractivity contribution in [3.63, 3.8) is 0 Å². The molecule has 0 aliphatic heterocycles. The van der Waals surface area contributed by atoms with Crippen LogP contribution in [0.15, 0.2) is 29.7 Å². The summed E-state index contributed by atoms with van der Waals surface area (Å²) in [6.45, 7) is 1.42. The molecule has 0 saturated carbocycles. The topological polar surface area (TPSA) is 98.6 Å². The maximum absolute atomic E-state index is 13.5. The van der Waals surface area contributed by atoms with E-state index in [2.05, 4.69) is 14.7 Å². The lowest BCUT2D eigenvalue weighted by molar-refractivity contribution is 0.598. The summed E-state index contributed by atoms with van der Waals surface area (Å²) in [5, 5.41) is 8.61. The molecule has 0 spiro atoms. The molecule has 0 aliphatic carbocycles. The van der Waals surface area contributed by atoms with E-state index in [1.165, 1.54) is 19.3 Å². The van der Waals surface area contributed by atoms with Crippen molar-refractivity contribution >= 4 is 15.7 Å². The van der Waals surface area contributed by atoms with E-state index in [0.717, 1.165) is 12.3 Å². The number of benzene rings is 1. The van der Waals surface area contributed by atoms with Crippen molar-refractivity contribution in [2.24, 2.45) is 0 Å². The van der Waals surface area contributed by atoms with Crippen LogP contribution in [-0.2, 0) is 10.0 Å². The smallest absolute Gasteiger partial charge is 0.278 e. The van der Waals surface area contributed by atoms with Crippen LogP contribution in [0.25, 0.3) is 0 Å². The number of sulfonamides is 1. The lowest BCUT2D eigenvalue weighted by Crippen LogP contribution is -2.14. The number of aromatic amines is 1. The quantitative estimate of drug-likeness (QED) is 0.890. The first kappa shape index (κ1) is 13.0. The number of nitriles is 1. The fourth-order valence-corrected chi connectivity index (χ4v) is 2.46. The minimum atomic E-state index is -3.88. The number of imidazole rings is 1. The average molecular weight is 280 g/mol. The van der Waals surface area contributed by atoms with E-state index in [4.69, 9.17) is 5.26 Å². The molecule has 8 heteroatoms. The zero-order chi connectivity index (χ0) is 14.0. The molecule has 0 atom stereocenters. The molecule has 19 heavy (non-hydrogen) atoms. The molecule has 2 N–H and O–H groups in total. The van der Waals surface area contributed by atoms with E-state index < -0.39 is 15.8 Å². The van der Waals surface area contributed by atoms with Crippen LogP contribution in [0.5, 0.6) is 0 Å². The Hall–Kier alpha value is -2.40. The summed E-state index contributed by atoms with van der Waals surface area (Å²) < 4.78 is 39.6. The monoisotopic (exact) mass is 280 g/mol. The molecule has 0 radical (unpaired) electrons. The van der Waals surface area contributed by atoms with Gasteiger partial charge in [0.1, 0.15) is 5.82 Å². The van der Waals surface area contributed by atoms with Crippen LogP contribution in [-0.4, -0.2) is 18.4 Å². The summed E-state index contributed by atoms with van der Waals surface area (Å²) in [6, 6.07) is 4.08.